The van der Waals surface area contributed by atoms with E-state index in [1.165, 1.54) is 11.3 Å². The fourth-order valence-electron chi connectivity index (χ4n) is 2.04. The van der Waals surface area contributed by atoms with Crippen molar-refractivity contribution in [1.29, 1.82) is 0 Å². The second-order valence-corrected chi connectivity index (χ2v) is 3.87. The number of hydrogen-bond acceptors (Lipinski definition) is 1. The summed E-state index contributed by atoms with van der Waals surface area (Å²) in [6, 6.07) is 8.71. The molecule has 1 atom stereocenters. The molecule has 74 valence electrons. The van der Waals surface area contributed by atoms with E-state index in [1.807, 2.05) is 0 Å². The normalized spacial score (nSPS) is 20.4. The molecule has 0 amide bonds. The van der Waals surface area contributed by atoms with Gasteiger partial charge in [0.15, 0.2) is 0 Å². The first-order valence-electron chi connectivity index (χ1n) is 5.35. The van der Waals surface area contributed by atoms with Crippen LogP contribution >= 0.6 is 0 Å². The van der Waals surface area contributed by atoms with Gasteiger partial charge in [0.25, 0.3) is 0 Å². The first kappa shape index (κ1) is 9.32. The molecule has 1 aliphatic heterocycles. The van der Waals surface area contributed by atoms with Crippen LogP contribution in [-0.2, 0) is 0 Å². The zero-order valence-electron chi connectivity index (χ0n) is 8.90. The van der Waals surface area contributed by atoms with Gasteiger partial charge in [0.2, 0.25) is 0 Å². The zero-order chi connectivity index (χ0) is 9.97. The van der Waals surface area contributed by atoms with Gasteiger partial charge in [-0.05, 0) is 30.9 Å². The lowest BCUT2D eigenvalue weighted by atomic mass is 9.97. The average Bonchev–Trinajstić information content (AvgIpc) is 2.39. The van der Waals surface area contributed by atoms with Gasteiger partial charge in [-0.1, -0.05) is 31.2 Å². The molecule has 0 bridgehead atoms. The van der Waals surface area contributed by atoms with Crippen LogP contribution < -0.4 is 4.90 Å². The number of nitrogens with zero attached hydrogens (tertiary/aromatic N) is 1. The summed E-state index contributed by atoms with van der Waals surface area (Å²) in [6.07, 6.45) is 5.63. The molecule has 0 aromatic heterocycles. The van der Waals surface area contributed by atoms with Crippen molar-refractivity contribution in [2.45, 2.75) is 26.2 Å². The van der Waals surface area contributed by atoms with E-state index in [4.69, 9.17) is 0 Å². The summed E-state index contributed by atoms with van der Waals surface area (Å²) < 4.78 is 0. The maximum atomic E-state index is 2.32. The van der Waals surface area contributed by atoms with Crippen molar-refractivity contribution in [1.82, 2.24) is 0 Å². The van der Waals surface area contributed by atoms with Crippen LogP contribution in [0.5, 0.6) is 0 Å². The highest BCUT2D eigenvalue weighted by atomic mass is 15.1. The minimum atomic E-state index is 0.638. The van der Waals surface area contributed by atoms with Crippen molar-refractivity contribution in [2.75, 3.05) is 11.4 Å². The Morgan fingerprint density at radius 3 is 2.93 bits per heavy atom. The van der Waals surface area contributed by atoms with Crippen LogP contribution in [0.2, 0.25) is 0 Å². The van der Waals surface area contributed by atoms with E-state index in [-0.39, 0.29) is 0 Å². The molecule has 0 aliphatic carbocycles. The van der Waals surface area contributed by atoms with Gasteiger partial charge in [0.1, 0.15) is 0 Å². The van der Waals surface area contributed by atoms with Gasteiger partial charge in [0, 0.05) is 18.4 Å². The first-order valence-corrected chi connectivity index (χ1v) is 5.35. The molecule has 1 unspecified atom stereocenters. The number of allylic oxidation sites excluding steroid dienone is 1. The molecular weight excluding hydrogens is 170 g/mol. The van der Waals surface area contributed by atoms with Crippen LogP contribution in [0, 0.1) is 0 Å². The van der Waals surface area contributed by atoms with Crippen LogP contribution in [0.4, 0.5) is 5.69 Å². The Morgan fingerprint density at radius 2 is 2.14 bits per heavy atom. The molecule has 1 aromatic rings. The third kappa shape index (κ3) is 1.54. The Hall–Kier alpha value is -1.24. The third-order valence-corrected chi connectivity index (χ3v) is 2.89. The minimum Gasteiger partial charge on any atom is -0.348 e. The van der Waals surface area contributed by atoms with Crippen LogP contribution in [0.1, 0.15) is 31.7 Å². The lowest BCUT2D eigenvalue weighted by Gasteiger charge is -2.21. The molecule has 1 aromatic carbocycles. The highest BCUT2D eigenvalue weighted by Crippen LogP contribution is 2.32. The first-order chi connectivity index (χ1) is 6.83. The topological polar surface area (TPSA) is 3.24 Å². The predicted octanol–water partition coefficient (Wildman–Crippen LogP) is 3.53. The van der Waals surface area contributed by atoms with Crippen LogP contribution in [-0.4, -0.2) is 6.54 Å². The second kappa shape index (κ2) is 3.87. The lowest BCUT2D eigenvalue weighted by Crippen LogP contribution is -2.15. The molecule has 14 heavy (non-hydrogen) atoms. The molecule has 0 fully saturated rings. The maximum absolute atomic E-state index is 2.32. The fraction of sp³-hybridized carbons (Fsp3) is 0.385. The SMILES string of the molecule is CCN1C=CCC(C)c2ccccc21. The van der Waals surface area contributed by atoms with Crippen molar-refractivity contribution >= 4 is 5.69 Å². The summed E-state index contributed by atoms with van der Waals surface area (Å²) in [6.45, 7) is 5.53. The monoisotopic (exact) mass is 187 g/mol. The number of rotatable bonds is 1. The van der Waals surface area contributed by atoms with Gasteiger partial charge in [-0.3, -0.25) is 0 Å². The second-order valence-electron chi connectivity index (χ2n) is 3.87. The summed E-state index contributed by atoms with van der Waals surface area (Å²) in [4.78, 5) is 2.32. The standard InChI is InChI=1S/C13H17N/c1-3-14-10-6-7-11(2)12-8-4-5-9-13(12)14/h4-6,8-11H,3,7H2,1-2H3. The van der Waals surface area contributed by atoms with E-state index in [0.717, 1.165) is 13.0 Å². The van der Waals surface area contributed by atoms with Gasteiger partial charge in [-0.2, -0.15) is 0 Å². The number of fused-ring (bicyclic) bond motifs is 1. The van der Waals surface area contributed by atoms with Crippen molar-refractivity contribution in [3.63, 3.8) is 0 Å². The number of para-hydroxylation sites is 1. The fourth-order valence-corrected chi connectivity index (χ4v) is 2.04. The molecule has 0 spiro atoms. The molecule has 0 radical (unpaired) electrons. The highest BCUT2D eigenvalue weighted by Gasteiger charge is 2.14. The van der Waals surface area contributed by atoms with Crippen LogP contribution in [0.3, 0.4) is 0 Å². The Kier molecular flexibility index (Phi) is 2.58. The summed E-state index contributed by atoms with van der Waals surface area (Å²) in [5.74, 6) is 0.638. The summed E-state index contributed by atoms with van der Waals surface area (Å²) in [5.41, 5.74) is 2.84. The van der Waals surface area contributed by atoms with E-state index in [0.29, 0.717) is 5.92 Å². The molecule has 0 N–H and O–H groups in total. The molecule has 1 heteroatoms. The number of benzene rings is 1. The largest absolute Gasteiger partial charge is 0.348 e. The molecule has 1 nitrogen and oxygen atoms in total. The third-order valence-electron chi connectivity index (χ3n) is 2.89. The Balaban J connectivity index is 2.48. The van der Waals surface area contributed by atoms with Gasteiger partial charge in [-0.15, -0.1) is 0 Å². The molecular formula is C13H17N. The van der Waals surface area contributed by atoms with E-state index < -0.39 is 0 Å². The van der Waals surface area contributed by atoms with Gasteiger partial charge in [0.05, 0.1) is 0 Å². The minimum absolute atomic E-state index is 0.638. The maximum Gasteiger partial charge on any atom is 0.0441 e. The van der Waals surface area contributed by atoms with Crippen molar-refractivity contribution in [3.8, 4) is 0 Å². The lowest BCUT2D eigenvalue weighted by molar-refractivity contribution is 0.787. The average molecular weight is 187 g/mol. The van der Waals surface area contributed by atoms with E-state index in [1.54, 1.807) is 0 Å². The van der Waals surface area contributed by atoms with Crippen molar-refractivity contribution in [2.24, 2.45) is 0 Å². The Labute approximate surface area is 86.1 Å². The van der Waals surface area contributed by atoms with E-state index in [9.17, 15) is 0 Å². The predicted molar refractivity (Wildman–Crippen MR) is 61.6 cm³/mol. The molecule has 1 heterocycles. The molecule has 1 aliphatic rings. The summed E-state index contributed by atoms with van der Waals surface area (Å²) >= 11 is 0. The zero-order valence-corrected chi connectivity index (χ0v) is 8.90. The smallest absolute Gasteiger partial charge is 0.0441 e. The van der Waals surface area contributed by atoms with Gasteiger partial charge >= 0.3 is 0 Å². The number of hydrogen-bond donors (Lipinski definition) is 0. The van der Waals surface area contributed by atoms with E-state index >= 15 is 0 Å². The quantitative estimate of drug-likeness (QED) is 0.650. The number of anilines is 1. The van der Waals surface area contributed by atoms with Gasteiger partial charge < -0.3 is 4.90 Å². The van der Waals surface area contributed by atoms with Crippen molar-refractivity contribution in [3.05, 3.63) is 42.1 Å². The van der Waals surface area contributed by atoms with Crippen molar-refractivity contribution < 1.29 is 0 Å². The Bertz CT molecular complexity index is 341. The summed E-state index contributed by atoms with van der Waals surface area (Å²) in [7, 11) is 0. The molecule has 0 saturated carbocycles. The van der Waals surface area contributed by atoms with Crippen LogP contribution in [0.15, 0.2) is 36.5 Å². The Morgan fingerprint density at radius 1 is 1.36 bits per heavy atom. The van der Waals surface area contributed by atoms with Crippen LogP contribution in [0.25, 0.3) is 0 Å². The van der Waals surface area contributed by atoms with E-state index in [2.05, 4.69) is 55.3 Å². The molecule has 0 saturated heterocycles. The summed E-state index contributed by atoms with van der Waals surface area (Å²) in [5, 5.41) is 0. The molecule has 2 rings (SSSR count). The highest BCUT2D eigenvalue weighted by molar-refractivity contribution is 5.58. The van der Waals surface area contributed by atoms with Gasteiger partial charge in [-0.25, -0.2) is 0 Å².